The second-order valence-corrected chi connectivity index (χ2v) is 4.64. The van der Waals surface area contributed by atoms with Crippen LogP contribution in [0.3, 0.4) is 0 Å². The SMILES string of the molecule is CNCC(C)C(=O)NC(C)c1ccc(OC(F)F)cc1. The van der Waals surface area contributed by atoms with E-state index in [1.54, 1.807) is 19.2 Å². The fraction of sp³-hybridized carbons (Fsp3) is 0.500. The van der Waals surface area contributed by atoms with Crippen LogP contribution >= 0.6 is 0 Å². The molecule has 0 bridgehead atoms. The van der Waals surface area contributed by atoms with E-state index in [0.717, 1.165) is 5.56 Å². The summed E-state index contributed by atoms with van der Waals surface area (Å²) in [5.74, 6) is -0.0884. The second kappa shape index (κ2) is 7.79. The number of benzene rings is 1. The van der Waals surface area contributed by atoms with Crippen LogP contribution in [0.1, 0.15) is 25.5 Å². The minimum Gasteiger partial charge on any atom is -0.435 e. The molecule has 0 spiro atoms. The number of carbonyl (C=O) groups is 1. The summed E-state index contributed by atoms with van der Waals surface area (Å²) in [4.78, 5) is 11.9. The Balaban J connectivity index is 2.59. The van der Waals surface area contributed by atoms with E-state index in [1.165, 1.54) is 12.1 Å². The molecule has 2 N–H and O–H groups in total. The van der Waals surface area contributed by atoms with E-state index >= 15 is 0 Å². The Morgan fingerprint density at radius 1 is 1.25 bits per heavy atom. The third kappa shape index (κ3) is 5.13. The third-order valence-electron chi connectivity index (χ3n) is 2.92. The van der Waals surface area contributed by atoms with Gasteiger partial charge in [-0.05, 0) is 31.7 Å². The van der Waals surface area contributed by atoms with Crippen LogP contribution in [-0.4, -0.2) is 26.1 Å². The topological polar surface area (TPSA) is 50.4 Å². The molecule has 112 valence electrons. The zero-order valence-electron chi connectivity index (χ0n) is 11.8. The lowest BCUT2D eigenvalue weighted by molar-refractivity contribution is -0.125. The number of nitrogens with one attached hydrogen (secondary N) is 2. The van der Waals surface area contributed by atoms with Crippen LogP contribution in [-0.2, 0) is 4.79 Å². The van der Waals surface area contributed by atoms with Crippen LogP contribution in [0.15, 0.2) is 24.3 Å². The third-order valence-corrected chi connectivity index (χ3v) is 2.92. The van der Waals surface area contributed by atoms with E-state index in [9.17, 15) is 13.6 Å². The van der Waals surface area contributed by atoms with Crippen molar-refractivity contribution in [3.05, 3.63) is 29.8 Å². The summed E-state index contributed by atoms with van der Waals surface area (Å²) in [5, 5.41) is 5.81. The lowest BCUT2D eigenvalue weighted by Gasteiger charge is -2.18. The first-order chi connectivity index (χ1) is 9.43. The van der Waals surface area contributed by atoms with Gasteiger partial charge in [0.05, 0.1) is 6.04 Å². The summed E-state index contributed by atoms with van der Waals surface area (Å²) in [5.41, 5.74) is 0.830. The minimum absolute atomic E-state index is 0.0558. The Kier molecular flexibility index (Phi) is 6.38. The van der Waals surface area contributed by atoms with Crippen molar-refractivity contribution in [1.29, 1.82) is 0 Å². The average molecular weight is 286 g/mol. The summed E-state index contributed by atoms with van der Waals surface area (Å²) < 4.78 is 28.3. The van der Waals surface area contributed by atoms with E-state index in [1.807, 2.05) is 13.8 Å². The first kappa shape index (κ1) is 16.4. The fourth-order valence-electron chi connectivity index (χ4n) is 1.78. The van der Waals surface area contributed by atoms with Gasteiger partial charge in [0, 0.05) is 12.5 Å². The van der Waals surface area contributed by atoms with Gasteiger partial charge in [-0.3, -0.25) is 4.79 Å². The maximum Gasteiger partial charge on any atom is 0.387 e. The molecule has 0 aromatic heterocycles. The lowest BCUT2D eigenvalue weighted by atomic mass is 10.1. The quantitative estimate of drug-likeness (QED) is 0.809. The van der Waals surface area contributed by atoms with Crippen molar-refractivity contribution in [3.63, 3.8) is 0 Å². The van der Waals surface area contributed by atoms with Crippen molar-refractivity contribution in [2.24, 2.45) is 5.92 Å². The van der Waals surface area contributed by atoms with Crippen LogP contribution in [0, 0.1) is 5.92 Å². The minimum atomic E-state index is -2.83. The molecule has 1 amide bonds. The van der Waals surface area contributed by atoms with Crippen LogP contribution < -0.4 is 15.4 Å². The van der Waals surface area contributed by atoms with Crippen molar-refractivity contribution in [2.45, 2.75) is 26.5 Å². The zero-order valence-corrected chi connectivity index (χ0v) is 11.8. The number of halogens is 2. The number of carbonyl (C=O) groups excluding carboxylic acids is 1. The number of amides is 1. The van der Waals surface area contributed by atoms with Gasteiger partial charge < -0.3 is 15.4 Å². The van der Waals surface area contributed by atoms with Crippen LogP contribution in [0.25, 0.3) is 0 Å². The number of hydrogen-bond acceptors (Lipinski definition) is 3. The highest BCUT2D eigenvalue weighted by atomic mass is 19.3. The molecular weight excluding hydrogens is 266 g/mol. The summed E-state index contributed by atoms with van der Waals surface area (Å²) >= 11 is 0. The maximum atomic E-state index is 12.0. The van der Waals surface area contributed by atoms with Crippen LogP contribution in [0.2, 0.25) is 0 Å². The molecule has 0 aliphatic carbocycles. The van der Waals surface area contributed by atoms with Crippen molar-refractivity contribution in [1.82, 2.24) is 10.6 Å². The van der Waals surface area contributed by atoms with Crippen molar-refractivity contribution in [2.75, 3.05) is 13.6 Å². The normalized spacial score (nSPS) is 13.9. The van der Waals surface area contributed by atoms with E-state index in [0.29, 0.717) is 6.54 Å². The van der Waals surface area contributed by atoms with Gasteiger partial charge in [0.25, 0.3) is 0 Å². The standard InChI is InChI=1S/C14H20F2N2O2/c1-9(8-17-3)13(19)18-10(2)11-4-6-12(7-5-11)20-14(15)16/h4-7,9-10,14,17H,8H2,1-3H3,(H,18,19). The molecule has 2 atom stereocenters. The van der Waals surface area contributed by atoms with Gasteiger partial charge in [0.2, 0.25) is 5.91 Å². The monoisotopic (exact) mass is 286 g/mol. The number of hydrogen-bond donors (Lipinski definition) is 2. The van der Waals surface area contributed by atoms with Crippen molar-refractivity contribution >= 4 is 5.91 Å². The second-order valence-electron chi connectivity index (χ2n) is 4.64. The van der Waals surface area contributed by atoms with E-state index < -0.39 is 6.61 Å². The van der Waals surface area contributed by atoms with Gasteiger partial charge in [0.1, 0.15) is 5.75 Å². The molecule has 0 heterocycles. The van der Waals surface area contributed by atoms with Gasteiger partial charge in [-0.25, -0.2) is 0 Å². The first-order valence-electron chi connectivity index (χ1n) is 6.43. The number of ether oxygens (including phenoxy) is 1. The van der Waals surface area contributed by atoms with Gasteiger partial charge in [-0.2, -0.15) is 8.78 Å². The molecule has 2 unspecified atom stereocenters. The van der Waals surface area contributed by atoms with Gasteiger partial charge in [-0.1, -0.05) is 19.1 Å². The molecule has 0 radical (unpaired) electrons. The van der Waals surface area contributed by atoms with Crippen molar-refractivity contribution < 1.29 is 18.3 Å². The highest BCUT2D eigenvalue weighted by Crippen LogP contribution is 2.19. The molecular formula is C14H20F2N2O2. The molecule has 1 aromatic carbocycles. The average Bonchev–Trinajstić information content (AvgIpc) is 2.39. The Hall–Kier alpha value is -1.69. The Labute approximate surface area is 117 Å². The molecule has 4 nitrogen and oxygen atoms in total. The van der Waals surface area contributed by atoms with Gasteiger partial charge in [-0.15, -0.1) is 0 Å². The molecule has 0 aliphatic rings. The Bertz CT molecular complexity index is 424. The zero-order chi connectivity index (χ0) is 15.1. The highest BCUT2D eigenvalue weighted by molar-refractivity contribution is 5.78. The largest absolute Gasteiger partial charge is 0.435 e. The Morgan fingerprint density at radius 2 is 1.85 bits per heavy atom. The Morgan fingerprint density at radius 3 is 2.35 bits per heavy atom. The molecule has 1 rings (SSSR count). The fourth-order valence-corrected chi connectivity index (χ4v) is 1.78. The molecule has 0 saturated carbocycles. The number of alkyl halides is 2. The molecule has 0 saturated heterocycles. The molecule has 0 fully saturated rings. The maximum absolute atomic E-state index is 12.0. The summed E-state index contributed by atoms with van der Waals surface area (Å²) in [6.07, 6.45) is 0. The molecule has 20 heavy (non-hydrogen) atoms. The summed E-state index contributed by atoms with van der Waals surface area (Å²) in [6, 6.07) is 6.04. The lowest BCUT2D eigenvalue weighted by Crippen LogP contribution is -2.35. The van der Waals surface area contributed by atoms with E-state index in [4.69, 9.17) is 0 Å². The smallest absolute Gasteiger partial charge is 0.387 e. The van der Waals surface area contributed by atoms with Crippen LogP contribution in [0.4, 0.5) is 8.78 Å². The van der Waals surface area contributed by atoms with Crippen molar-refractivity contribution in [3.8, 4) is 5.75 Å². The molecule has 0 aliphatic heterocycles. The van der Waals surface area contributed by atoms with Gasteiger partial charge in [0.15, 0.2) is 0 Å². The van der Waals surface area contributed by atoms with Crippen LogP contribution in [0.5, 0.6) is 5.75 Å². The molecule has 1 aromatic rings. The molecule has 6 heteroatoms. The van der Waals surface area contributed by atoms with Gasteiger partial charge >= 0.3 is 6.61 Å². The first-order valence-corrected chi connectivity index (χ1v) is 6.43. The van der Waals surface area contributed by atoms with E-state index in [2.05, 4.69) is 15.4 Å². The number of rotatable bonds is 7. The predicted octanol–water partition coefficient (Wildman–Crippen LogP) is 2.32. The van der Waals surface area contributed by atoms with E-state index in [-0.39, 0.29) is 23.6 Å². The highest BCUT2D eigenvalue weighted by Gasteiger charge is 2.15. The predicted molar refractivity (Wildman–Crippen MR) is 72.7 cm³/mol. The summed E-state index contributed by atoms with van der Waals surface area (Å²) in [7, 11) is 1.79. The summed E-state index contributed by atoms with van der Waals surface area (Å²) in [6.45, 7) is 1.44.